The second-order valence-corrected chi connectivity index (χ2v) is 5.40. The first-order chi connectivity index (χ1) is 8.67. The molecule has 3 rings (SSSR count). The van der Waals surface area contributed by atoms with Crippen molar-refractivity contribution in [3.63, 3.8) is 0 Å². The highest BCUT2D eigenvalue weighted by atomic mass is 32.2. The molecule has 1 aromatic carbocycles. The van der Waals surface area contributed by atoms with Gasteiger partial charge in [-0.05, 0) is 12.1 Å². The Bertz CT molecular complexity index is 705. The van der Waals surface area contributed by atoms with Gasteiger partial charge in [-0.15, -0.1) is 0 Å². The second kappa shape index (κ2) is 3.95. The van der Waals surface area contributed by atoms with E-state index in [2.05, 4.69) is 14.9 Å². The third kappa shape index (κ3) is 1.78. The van der Waals surface area contributed by atoms with Crippen molar-refractivity contribution in [2.75, 3.05) is 0 Å². The largest absolute Gasteiger partial charge is 0.359 e. The van der Waals surface area contributed by atoms with Crippen LogP contribution in [0.1, 0.15) is 11.3 Å². The lowest BCUT2D eigenvalue weighted by Gasteiger charge is -1.96. The Morgan fingerprint density at radius 1 is 1.28 bits per heavy atom. The van der Waals surface area contributed by atoms with Crippen LogP contribution in [0.25, 0.3) is 0 Å². The van der Waals surface area contributed by atoms with Crippen LogP contribution in [0, 0.1) is 0 Å². The summed E-state index contributed by atoms with van der Waals surface area (Å²) < 4.78 is 30.9. The van der Waals surface area contributed by atoms with Crippen LogP contribution in [0.4, 0.5) is 0 Å². The summed E-state index contributed by atoms with van der Waals surface area (Å²) in [7, 11) is -3.47. The van der Waals surface area contributed by atoms with Crippen molar-refractivity contribution in [2.45, 2.75) is 11.4 Å². The molecule has 0 fully saturated rings. The molecule has 0 bridgehead atoms. The van der Waals surface area contributed by atoms with Crippen LogP contribution in [0.5, 0.6) is 0 Å². The van der Waals surface area contributed by atoms with Crippen LogP contribution in [0.3, 0.4) is 0 Å². The molecular weight excluding hydrogens is 254 g/mol. The quantitative estimate of drug-likeness (QED) is 0.872. The fourth-order valence-corrected chi connectivity index (χ4v) is 2.98. The van der Waals surface area contributed by atoms with Gasteiger partial charge in [-0.25, -0.2) is 8.42 Å². The first-order valence-electron chi connectivity index (χ1n) is 5.23. The summed E-state index contributed by atoms with van der Waals surface area (Å²) in [6, 6.07) is 8.39. The van der Waals surface area contributed by atoms with Gasteiger partial charge in [0.1, 0.15) is 12.4 Å². The molecule has 0 radical (unpaired) electrons. The van der Waals surface area contributed by atoms with Crippen LogP contribution in [0.15, 0.2) is 50.9 Å². The van der Waals surface area contributed by atoms with Gasteiger partial charge in [-0.1, -0.05) is 17.3 Å². The standard InChI is InChI=1S/C11H9N3O3S/c15-18(16)10-4-2-1-3-9(10)11(14-18)12-7-8-5-6-13-17-8/h1-6H,7H2,(H,12,14). The van der Waals surface area contributed by atoms with Gasteiger partial charge in [0, 0.05) is 11.6 Å². The van der Waals surface area contributed by atoms with Gasteiger partial charge in [0.2, 0.25) is 0 Å². The molecule has 18 heavy (non-hydrogen) atoms. The number of hydrogen-bond acceptors (Lipinski definition) is 5. The van der Waals surface area contributed by atoms with Gasteiger partial charge in [-0.3, -0.25) is 9.71 Å². The number of aromatic nitrogens is 1. The summed E-state index contributed by atoms with van der Waals surface area (Å²) in [6.07, 6.45) is 1.52. The highest BCUT2D eigenvalue weighted by Crippen LogP contribution is 2.22. The van der Waals surface area contributed by atoms with Gasteiger partial charge >= 0.3 is 0 Å². The van der Waals surface area contributed by atoms with E-state index in [4.69, 9.17) is 4.52 Å². The first-order valence-corrected chi connectivity index (χ1v) is 6.71. The Morgan fingerprint density at radius 3 is 2.89 bits per heavy atom. The molecule has 0 atom stereocenters. The van der Waals surface area contributed by atoms with Crippen LogP contribution < -0.4 is 4.72 Å². The van der Waals surface area contributed by atoms with Gasteiger partial charge in [0.15, 0.2) is 5.76 Å². The molecule has 0 amide bonds. The van der Waals surface area contributed by atoms with E-state index in [1.54, 1.807) is 30.3 Å². The van der Waals surface area contributed by atoms with E-state index in [0.717, 1.165) is 0 Å². The maximum Gasteiger partial charge on any atom is 0.263 e. The van der Waals surface area contributed by atoms with Crippen molar-refractivity contribution in [3.8, 4) is 0 Å². The lowest BCUT2D eigenvalue weighted by atomic mass is 10.2. The van der Waals surface area contributed by atoms with Gasteiger partial charge in [0.05, 0.1) is 11.1 Å². The lowest BCUT2D eigenvalue weighted by molar-refractivity contribution is 0.385. The Hall–Kier alpha value is -2.15. The summed E-state index contributed by atoms with van der Waals surface area (Å²) >= 11 is 0. The molecule has 92 valence electrons. The molecule has 2 heterocycles. The monoisotopic (exact) mass is 263 g/mol. The number of rotatable bonds is 2. The van der Waals surface area contributed by atoms with E-state index in [1.807, 2.05) is 0 Å². The van der Waals surface area contributed by atoms with E-state index in [1.165, 1.54) is 6.20 Å². The van der Waals surface area contributed by atoms with Crippen LogP contribution in [0.2, 0.25) is 0 Å². The highest BCUT2D eigenvalue weighted by Gasteiger charge is 2.29. The van der Waals surface area contributed by atoms with E-state index in [0.29, 0.717) is 17.2 Å². The molecule has 7 heteroatoms. The van der Waals surface area contributed by atoms with Crippen molar-refractivity contribution in [1.82, 2.24) is 9.88 Å². The van der Waals surface area contributed by atoms with Gasteiger partial charge in [-0.2, -0.15) is 0 Å². The van der Waals surface area contributed by atoms with Crippen LogP contribution in [-0.4, -0.2) is 19.4 Å². The Morgan fingerprint density at radius 2 is 2.11 bits per heavy atom. The number of benzene rings is 1. The predicted octanol–water partition coefficient (Wildman–Crippen LogP) is 0.913. The van der Waals surface area contributed by atoms with E-state index in [9.17, 15) is 8.42 Å². The fourth-order valence-electron chi connectivity index (χ4n) is 1.73. The summed E-state index contributed by atoms with van der Waals surface area (Å²) in [5.74, 6) is 0.910. The van der Waals surface area contributed by atoms with E-state index >= 15 is 0 Å². The minimum absolute atomic E-state index is 0.242. The summed E-state index contributed by atoms with van der Waals surface area (Å²) in [5.41, 5.74) is 0.581. The zero-order valence-corrected chi connectivity index (χ0v) is 10.0. The number of hydrogen-bond donors (Lipinski definition) is 1. The fraction of sp³-hybridized carbons (Fsp3) is 0.0909. The van der Waals surface area contributed by atoms with Crippen molar-refractivity contribution < 1.29 is 12.9 Å². The highest BCUT2D eigenvalue weighted by molar-refractivity contribution is 7.90. The molecule has 0 saturated heterocycles. The van der Waals surface area contributed by atoms with E-state index in [-0.39, 0.29) is 11.4 Å². The molecule has 1 aromatic heterocycles. The molecule has 6 nitrogen and oxygen atoms in total. The first kappa shape index (κ1) is 11.0. The van der Waals surface area contributed by atoms with E-state index < -0.39 is 10.0 Å². The average Bonchev–Trinajstić information content (AvgIpc) is 2.95. The zero-order chi connectivity index (χ0) is 12.6. The van der Waals surface area contributed by atoms with Crippen molar-refractivity contribution in [2.24, 2.45) is 4.99 Å². The number of fused-ring (bicyclic) bond motifs is 1. The molecule has 1 aliphatic heterocycles. The second-order valence-electron chi connectivity index (χ2n) is 3.75. The number of aliphatic imine (C=N–C) groups is 1. The van der Waals surface area contributed by atoms with Crippen LogP contribution in [-0.2, 0) is 16.6 Å². The Balaban J connectivity index is 1.99. The zero-order valence-electron chi connectivity index (χ0n) is 9.20. The third-order valence-electron chi connectivity index (χ3n) is 2.55. The Kier molecular flexibility index (Phi) is 2.41. The smallest absolute Gasteiger partial charge is 0.263 e. The van der Waals surface area contributed by atoms with Crippen molar-refractivity contribution in [1.29, 1.82) is 0 Å². The molecule has 0 aliphatic carbocycles. The number of nitrogens with one attached hydrogen (secondary N) is 1. The number of sulfonamides is 1. The molecule has 0 saturated carbocycles. The van der Waals surface area contributed by atoms with Crippen molar-refractivity contribution >= 4 is 15.9 Å². The molecule has 1 aliphatic rings. The third-order valence-corrected chi connectivity index (χ3v) is 3.94. The lowest BCUT2D eigenvalue weighted by Crippen LogP contribution is -2.22. The molecule has 0 spiro atoms. The summed E-state index contributed by atoms with van der Waals surface area (Å²) in [5, 5.41) is 3.56. The number of amidine groups is 1. The van der Waals surface area contributed by atoms with Crippen molar-refractivity contribution in [3.05, 3.63) is 47.9 Å². The van der Waals surface area contributed by atoms with Crippen LogP contribution >= 0.6 is 0 Å². The topological polar surface area (TPSA) is 84.6 Å². The molecule has 0 unspecified atom stereocenters. The SMILES string of the molecule is O=S1(=O)NC(=NCc2ccno2)c2ccccc21. The molecule has 2 aromatic rings. The average molecular weight is 263 g/mol. The maximum absolute atomic E-state index is 11.8. The minimum Gasteiger partial charge on any atom is -0.359 e. The van der Waals surface area contributed by atoms with Gasteiger partial charge in [0.25, 0.3) is 10.0 Å². The Labute approximate surface area is 103 Å². The van der Waals surface area contributed by atoms with Gasteiger partial charge < -0.3 is 4.52 Å². The minimum atomic E-state index is -3.47. The molecular formula is C11H9N3O3S. The normalized spacial score (nSPS) is 18.6. The summed E-state index contributed by atoms with van der Waals surface area (Å²) in [6.45, 7) is 0.242. The number of nitrogens with zero attached hydrogens (tertiary/aromatic N) is 2. The maximum atomic E-state index is 11.8. The summed E-state index contributed by atoms with van der Waals surface area (Å²) in [4.78, 5) is 4.45. The predicted molar refractivity (Wildman–Crippen MR) is 63.5 cm³/mol. The molecule has 1 N–H and O–H groups in total.